The number of hydrogen-bond acceptors (Lipinski definition) is 12. The summed E-state index contributed by atoms with van der Waals surface area (Å²) in [6, 6.07) is 0. The predicted octanol–water partition coefficient (Wildman–Crippen LogP) is -3.52. The molecule has 0 aliphatic rings. The Morgan fingerprint density at radius 1 is 0.270 bits per heavy atom. The molecule has 0 aromatic heterocycles. The van der Waals surface area contributed by atoms with Crippen molar-refractivity contribution < 1.29 is 76.5 Å². The molecule has 0 atom stereocenters. The van der Waals surface area contributed by atoms with Crippen LogP contribution in [0, 0.1) is 0 Å². The van der Waals surface area contributed by atoms with Crippen molar-refractivity contribution in [3.8, 4) is 0 Å². The molecule has 0 N–H and O–H groups in total. The summed E-state index contributed by atoms with van der Waals surface area (Å²) in [7, 11) is 0. The van der Waals surface area contributed by atoms with E-state index in [1.807, 2.05) is 0 Å². The minimum atomic E-state index is -1.05. The third-order valence-corrected chi connectivity index (χ3v) is 4.54. The van der Waals surface area contributed by atoms with Crippen LogP contribution in [0.5, 0.6) is 0 Å². The largest absolute Gasteiger partial charge is 6.00 e. The van der Waals surface area contributed by atoms with E-state index in [4.69, 9.17) is 0 Å². The van der Waals surface area contributed by atoms with Crippen molar-refractivity contribution in [3.63, 3.8) is 0 Å². The van der Waals surface area contributed by atoms with Gasteiger partial charge in [0.2, 0.25) is 0 Å². The van der Waals surface area contributed by atoms with E-state index in [1.54, 1.807) is 0 Å². The van der Waals surface area contributed by atoms with Crippen LogP contribution >= 0.6 is 0 Å². The smallest absolute Gasteiger partial charge is 0.550 e. The normalized spacial score (nSPS) is 9.41. The molecule has 0 aliphatic heterocycles. The van der Waals surface area contributed by atoms with E-state index >= 15 is 0 Å². The topological polar surface area (TPSA) is 241 Å². The molecule has 212 valence electrons. The first-order chi connectivity index (χ1) is 16.9. The molecule has 0 bridgehead atoms. The van der Waals surface area contributed by atoms with Crippen molar-refractivity contribution in [2.45, 2.75) is 116 Å². The monoisotopic (exact) mass is 572 g/mol. The Hall–Kier alpha value is -2.66. The number of carbonyl (C=O) groups is 6. The third kappa shape index (κ3) is 55.3. The molecule has 0 spiro atoms. The first-order valence-corrected chi connectivity index (χ1v) is 12.1. The molecule has 0 unspecified atom stereocenters. The van der Waals surface area contributed by atoms with Crippen molar-refractivity contribution in [2.24, 2.45) is 0 Å². The van der Waals surface area contributed by atoms with Gasteiger partial charge in [0.1, 0.15) is 0 Å². The fourth-order valence-corrected chi connectivity index (χ4v) is 2.68. The van der Waals surface area contributed by atoms with E-state index in [-0.39, 0.29) is 55.6 Å². The Morgan fingerprint density at radius 2 is 0.378 bits per heavy atom. The third-order valence-electron chi connectivity index (χ3n) is 4.54. The molecule has 0 aromatic rings. The number of carboxylic acid groups (broad SMARTS) is 6. The molecule has 0 saturated heterocycles. The minimum Gasteiger partial charge on any atom is -0.550 e. The van der Waals surface area contributed by atoms with Gasteiger partial charge in [-0.25, -0.2) is 0 Å². The average molecular weight is 572 g/mol. The van der Waals surface area contributed by atoms with Gasteiger partial charge in [0.05, 0.1) is 0 Å². The maximum Gasteiger partial charge on any atom is 6.00 e. The summed E-state index contributed by atoms with van der Waals surface area (Å²) in [5.41, 5.74) is 0. The van der Waals surface area contributed by atoms with E-state index in [0.29, 0.717) is 38.5 Å². The number of aliphatic carboxylic acids is 6. The van der Waals surface area contributed by atoms with E-state index in [9.17, 15) is 59.4 Å². The molecule has 0 radical (unpaired) electrons. The fourth-order valence-electron chi connectivity index (χ4n) is 2.68. The first kappa shape index (κ1) is 41.5. The number of carbonyl (C=O) groups excluding carboxylic acids is 6. The zero-order valence-corrected chi connectivity index (χ0v) is 22.1. The van der Waals surface area contributed by atoms with Crippen molar-refractivity contribution in [3.05, 3.63) is 0 Å². The molecule has 13 heteroatoms. The van der Waals surface area contributed by atoms with E-state index in [0.717, 1.165) is 38.5 Å². The molecular weight excluding hydrogens is 536 g/mol. The molecule has 0 amide bonds. The van der Waals surface area contributed by atoms with Gasteiger partial charge in [-0.1, -0.05) is 38.5 Å². The molecule has 0 fully saturated rings. The molecule has 0 rings (SSSR count). The molecule has 0 heterocycles. The van der Waals surface area contributed by atoms with Crippen LogP contribution in [0.1, 0.15) is 116 Å². The maximum absolute atomic E-state index is 9.92. The van der Waals surface area contributed by atoms with Gasteiger partial charge < -0.3 is 59.4 Å². The number of rotatable bonds is 21. The van der Waals surface area contributed by atoms with Crippen LogP contribution in [0.2, 0.25) is 0 Å². The van der Waals surface area contributed by atoms with Gasteiger partial charge in [-0.2, -0.15) is 0 Å². The van der Waals surface area contributed by atoms with Gasteiger partial charge in [-0.3, -0.25) is 0 Å². The fraction of sp³-hybridized carbons (Fsp3) is 0.750. The second-order valence-corrected chi connectivity index (χ2v) is 7.97. The SMILES string of the molecule is O=C([O-])CCCCCCC(=O)[O-].O=C([O-])CCCCCCC(=O)[O-].O=C([O-])CCCCCCC(=O)[O-].[Fe+6]. The molecule has 37 heavy (non-hydrogen) atoms. The Bertz CT molecular complexity index is 498. The van der Waals surface area contributed by atoms with Crippen LogP contribution in [0.15, 0.2) is 0 Å². The van der Waals surface area contributed by atoms with Gasteiger partial charge in [-0.05, 0) is 77.0 Å². The van der Waals surface area contributed by atoms with Crippen LogP contribution in [-0.4, -0.2) is 35.8 Å². The van der Waals surface area contributed by atoms with Crippen LogP contribution in [0.3, 0.4) is 0 Å². The van der Waals surface area contributed by atoms with Crippen molar-refractivity contribution in [1.82, 2.24) is 0 Å². The van der Waals surface area contributed by atoms with Gasteiger partial charge in [0.25, 0.3) is 0 Å². The van der Waals surface area contributed by atoms with Gasteiger partial charge in [0.15, 0.2) is 0 Å². The van der Waals surface area contributed by atoms with E-state index in [2.05, 4.69) is 0 Å². The standard InChI is InChI=1S/3C8H14O4.Fe/c3*9-7(10)5-3-1-2-4-6-8(11)12;/h3*1-6H2,(H,9,10)(H,11,12);/q;;;+6/p-6. The summed E-state index contributed by atoms with van der Waals surface area (Å²) in [5.74, 6) is -6.28. The summed E-state index contributed by atoms with van der Waals surface area (Å²) in [6.07, 6.45) is 8.18. The van der Waals surface area contributed by atoms with Crippen LogP contribution in [-0.2, 0) is 45.8 Å². The molecule has 0 saturated carbocycles. The predicted molar refractivity (Wildman–Crippen MR) is 113 cm³/mol. The Labute approximate surface area is 227 Å². The molecule has 12 nitrogen and oxygen atoms in total. The number of hydrogen-bond donors (Lipinski definition) is 0. The van der Waals surface area contributed by atoms with Crippen molar-refractivity contribution >= 4 is 35.8 Å². The van der Waals surface area contributed by atoms with Crippen LogP contribution in [0.25, 0.3) is 0 Å². The summed E-state index contributed by atoms with van der Waals surface area (Å²) >= 11 is 0. The molecule has 0 aliphatic carbocycles. The quantitative estimate of drug-likeness (QED) is 0.0960. The molecular formula is C24H36FeO12. The van der Waals surface area contributed by atoms with Crippen LogP contribution < -0.4 is 30.6 Å². The number of unbranched alkanes of at least 4 members (excludes halogenated alkanes) is 9. The zero-order chi connectivity index (χ0) is 28.2. The summed E-state index contributed by atoms with van der Waals surface area (Å²) in [4.78, 5) is 59.5. The van der Waals surface area contributed by atoms with E-state index < -0.39 is 35.8 Å². The van der Waals surface area contributed by atoms with Crippen molar-refractivity contribution in [1.29, 1.82) is 0 Å². The van der Waals surface area contributed by atoms with Gasteiger partial charge in [0, 0.05) is 35.8 Å². The summed E-state index contributed by atoms with van der Waals surface area (Å²) < 4.78 is 0. The van der Waals surface area contributed by atoms with Crippen LogP contribution in [0.4, 0.5) is 0 Å². The molecule has 0 aromatic carbocycles. The summed E-state index contributed by atoms with van der Waals surface area (Å²) in [5, 5.41) is 59.5. The first-order valence-electron chi connectivity index (χ1n) is 12.1. The van der Waals surface area contributed by atoms with Gasteiger partial charge >= 0.3 is 17.1 Å². The van der Waals surface area contributed by atoms with E-state index in [1.165, 1.54) is 0 Å². The van der Waals surface area contributed by atoms with Gasteiger partial charge in [-0.15, -0.1) is 0 Å². The zero-order valence-electron chi connectivity index (χ0n) is 21.0. The maximum atomic E-state index is 9.92. The Kier molecular flexibility index (Phi) is 35.2. The Morgan fingerprint density at radius 3 is 0.459 bits per heavy atom. The summed E-state index contributed by atoms with van der Waals surface area (Å²) in [6.45, 7) is 0. The average Bonchev–Trinajstić information content (AvgIpc) is 2.75. The second kappa shape index (κ2) is 31.4. The number of carboxylic acids is 6. The van der Waals surface area contributed by atoms with Crippen molar-refractivity contribution in [2.75, 3.05) is 0 Å². The second-order valence-electron chi connectivity index (χ2n) is 7.97. The Balaban J connectivity index is -0.000000218. The minimum absolute atomic E-state index is 0.